The van der Waals surface area contributed by atoms with Gasteiger partial charge in [-0.15, -0.1) is 0 Å². The molecule has 1 aromatic rings. The fraction of sp³-hybridized carbons (Fsp3) is 0.385. The van der Waals surface area contributed by atoms with Crippen LogP contribution in [0.15, 0.2) is 36.2 Å². The lowest BCUT2D eigenvalue weighted by atomic mass is 10.1. The molecule has 1 atom stereocenters. The van der Waals surface area contributed by atoms with Crippen LogP contribution in [0.4, 0.5) is 4.39 Å². The number of rotatable bonds is 4. The Morgan fingerprint density at radius 2 is 2.06 bits per heavy atom. The van der Waals surface area contributed by atoms with Crippen molar-refractivity contribution in [3.8, 4) is 0 Å². The van der Waals surface area contributed by atoms with E-state index in [9.17, 15) is 9.50 Å². The second-order valence-electron chi connectivity index (χ2n) is 4.22. The van der Waals surface area contributed by atoms with Gasteiger partial charge in [-0.25, -0.2) is 4.39 Å². The predicted octanol–water partition coefficient (Wildman–Crippen LogP) is 4.03. The summed E-state index contributed by atoms with van der Waals surface area (Å²) in [5, 5.41) is 10.3. The third-order valence-electron chi connectivity index (χ3n) is 2.79. The van der Waals surface area contributed by atoms with Crippen LogP contribution in [0.1, 0.15) is 30.9 Å². The maximum absolute atomic E-state index is 13.5. The number of aliphatic hydroxyl groups excluding tert-OH is 1. The molecule has 1 aliphatic carbocycles. The van der Waals surface area contributed by atoms with Crippen molar-refractivity contribution in [2.24, 2.45) is 5.92 Å². The highest BCUT2D eigenvalue weighted by Crippen LogP contribution is 2.34. The zero-order valence-electron chi connectivity index (χ0n) is 8.87. The predicted molar refractivity (Wildman–Crippen MR) is 62.9 cm³/mol. The van der Waals surface area contributed by atoms with Gasteiger partial charge in [0.25, 0.3) is 0 Å². The molecule has 0 amide bonds. The number of halogens is 2. The maximum Gasteiger partial charge on any atom is 0.130 e. The second kappa shape index (κ2) is 4.98. The minimum atomic E-state index is -1.16. The molecule has 1 aromatic carbocycles. The van der Waals surface area contributed by atoms with Crippen LogP contribution in [0.25, 0.3) is 0 Å². The second-order valence-corrected chi connectivity index (χ2v) is 4.66. The molecule has 16 heavy (non-hydrogen) atoms. The standard InChI is InChI=1S/C13H14ClFO/c14-11-6-4-10(5-7-11)13(16)12(15)8-3-9-1-2-9/h4-9,13,16H,1-3H2. The van der Waals surface area contributed by atoms with Crippen molar-refractivity contribution in [2.75, 3.05) is 0 Å². The molecule has 1 unspecified atom stereocenters. The smallest absolute Gasteiger partial charge is 0.130 e. The van der Waals surface area contributed by atoms with Gasteiger partial charge >= 0.3 is 0 Å². The molecule has 0 saturated heterocycles. The van der Waals surface area contributed by atoms with Crippen molar-refractivity contribution >= 4 is 11.6 Å². The highest BCUT2D eigenvalue weighted by atomic mass is 35.5. The lowest BCUT2D eigenvalue weighted by Gasteiger charge is -2.08. The summed E-state index contributed by atoms with van der Waals surface area (Å²) in [6.45, 7) is 0. The van der Waals surface area contributed by atoms with Gasteiger partial charge in [0.2, 0.25) is 0 Å². The van der Waals surface area contributed by atoms with E-state index < -0.39 is 11.9 Å². The zero-order chi connectivity index (χ0) is 11.5. The molecule has 1 fully saturated rings. The molecule has 1 aliphatic rings. The van der Waals surface area contributed by atoms with E-state index in [0.29, 0.717) is 16.5 Å². The summed E-state index contributed by atoms with van der Waals surface area (Å²) < 4.78 is 13.5. The fourth-order valence-electron chi connectivity index (χ4n) is 1.55. The van der Waals surface area contributed by atoms with Crippen molar-refractivity contribution in [3.05, 3.63) is 46.8 Å². The van der Waals surface area contributed by atoms with Crippen molar-refractivity contribution < 1.29 is 9.50 Å². The van der Waals surface area contributed by atoms with Gasteiger partial charge in [0.05, 0.1) is 0 Å². The van der Waals surface area contributed by atoms with Gasteiger partial charge in [-0.3, -0.25) is 0 Å². The van der Waals surface area contributed by atoms with E-state index >= 15 is 0 Å². The Labute approximate surface area is 99.6 Å². The molecule has 1 saturated carbocycles. The van der Waals surface area contributed by atoms with Crippen molar-refractivity contribution in [2.45, 2.75) is 25.4 Å². The third-order valence-corrected chi connectivity index (χ3v) is 3.04. The van der Waals surface area contributed by atoms with Gasteiger partial charge in [0.15, 0.2) is 0 Å². The Bertz CT molecular complexity index is 381. The Kier molecular flexibility index (Phi) is 3.62. The van der Waals surface area contributed by atoms with Crippen LogP contribution >= 0.6 is 11.6 Å². The Morgan fingerprint density at radius 1 is 1.44 bits per heavy atom. The summed E-state index contributed by atoms with van der Waals surface area (Å²) >= 11 is 5.72. The van der Waals surface area contributed by atoms with E-state index in [1.165, 1.54) is 18.9 Å². The van der Waals surface area contributed by atoms with E-state index in [1.807, 2.05) is 0 Å². The fourth-order valence-corrected chi connectivity index (χ4v) is 1.67. The van der Waals surface area contributed by atoms with E-state index in [4.69, 9.17) is 11.6 Å². The van der Waals surface area contributed by atoms with Crippen LogP contribution in [0.5, 0.6) is 0 Å². The Balaban J connectivity index is 2.01. The number of hydrogen-bond donors (Lipinski definition) is 1. The van der Waals surface area contributed by atoms with Gasteiger partial charge in [-0.2, -0.15) is 0 Å². The zero-order valence-corrected chi connectivity index (χ0v) is 9.62. The molecule has 1 nitrogen and oxygen atoms in total. The van der Waals surface area contributed by atoms with E-state index in [2.05, 4.69) is 0 Å². The first-order valence-corrected chi connectivity index (χ1v) is 5.83. The largest absolute Gasteiger partial charge is 0.381 e. The van der Waals surface area contributed by atoms with Gasteiger partial charge in [-0.1, -0.05) is 23.7 Å². The Hall–Kier alpha value is -0.860. The minimum absolute atomic E-state index is 0.464. The van der Waals surface area contributed by atoms with Gasteiger partial charge in [0, 0.05) is 5.02 Å². The van der Waals surface area contributed by atoms with Crippen LogP contribution < -0.4 is 0 Å². The molecule has 0 aliphatic heterocycles. The monoisotopic (exact) mass is 240 g/mol. The lowest BCUT2D eigenvalue weighted by molar-refractivity contribution is 0.185. The Morgan fingerprint density at radius 3 is 2.62 bits per heavy atom. The molecule has 0 spiro atoms. The molecular formula is C13H14ClFO. The average molecular weight is 241 g/mol. The normalized spacial score (nSPS) is 18.6. The van der Waals surface area contributed by atoms with Crippen molar-refractivity contribution in [1.29, 1.82) is 0 Å². The first-order valence-electron chi connectivity index (χ1n) is 5.46. The SMILES string of the molecule is OC(C(F)=CCC1CC1)c1ccc(Cl)cc1. The quantitative estimate of drug-likeness (QED) is 0.843. The van der Waals surface area contributed by atoms with Crippen LogP contribution in [0.2, 0.25) is 5.02 Å². The molecule has 0 heterocycles. The maximum atomic E-state index is 13.5. The first kappa shape index (κ1) is 11.6. The molecule has 0 aromatic heterocycles. The summed E-state index contributed by atoms with van der Waals surface area (Å²) in [7, 11) is 0. The first-order chi connectivity index (χ1) is 7.66. The lowest BCUT2D eigenvalue weighted by Crippen LogP contribution is -1.97. The molecule has 0 bridgehead atoms. The molecular weight excluding hydrogens is 227 g/mol. The van der Waals surface area contributed by atoms with Crippen LogP contribution in [0.3, 0.4) is 0 Å². The van der Waals surface area contributed by atoms with Crippen LogP contribution in [-0.2, 0) is 0 Å². The van der Waals surface area contributed by atoms with Crippen LogP contribution in [0, 0.1) is 5.92 Å². The summed E-state index contributed by atoms with van der Waals surface area (Å²) in [6, 6.07) is 6.57. The third kappa shape index (κ3) is 3.06. The highest BCUT2D eigenvalue weighted by molar-refractivity contribution is 6.30. The van der Waals surface area contributed by atoms with Gasteiger partial charge < -0.3 is 5.11 Å². The van der Waals surface area contributed by atoms with E-state index in [-0.39, 0.29) is 0 Å². The average Bonchev–Trinajstić information content (AvgIpc) is 3.10. The minimum Gasteiger partial charge on any atom is -0.381 e. The molecule has 1 N–H and O–H groups in total. The van der Waals surface area contributed by atoms with Gasteiger partial charge in [0.1, 0.15) is 11.9 Å². The summed E-state index contributed by atoms with van der Waals surface area (Å²) in [5.74, 6) is 0.164. The van der Waals surface area contributed by atoms with Crippen molar-refractivity contribution in [1.82, 2.24) is 0 Å². The topological polar surface area (TPSA) is 20.2 Å². The van der Waals surface area contributed by atoms with Gasteiger partial charge in [-0.05, 0) is 49.0 Å². The number of aliphatic hydroxyl groups is 1. The molecule has 2 rings (SSSR count). The molecule has 86 valence electrons. The summed E-state index contributed by atoms with van der Waals surface area (Å²) in [6.07, 6.45) is 3.44. The summed E-state index contributed by atoms with van der Waals surface area (Å²) in [4.78, 5) is 0. The number of hydrogen-bond acceptors (Lipinski definition) is 1. The van der Waals surface area contributed by atoms with Crippen molar-refractivity contribution in [3.63, 3.8) is 0 Å². The number of allylic oxidation sites excluding steroid dienone is 1. The van der Waals surface area contributed by atoms with E-state index in [0.717, 1.165) is 6.42 Å². The molecule has 3 heteroatoms. The summed E-state index contributed by atoms with van der Waals surface area (Å²) in [5.41, 5.74) is 0.536. The van der Waals surface area contributed by atoms with Crippen LogP contribution in [-0.4, -0.2) is 5.11 Å². The van der Waals surface area contributed by atoms with E-state index in [1.54, 1.807) is 24.3 Å². The number of benzene rings is 1. The molecule has 0 radical (unpaired) electrons. The highest BCUT2D eigenvalue weighted by Gasteiger charge is 2.21.